The molecule has 0 unspecified atom stereocenters. The van der Waals surface area contributed by atoms with E-state index in [2.05, 4.69) is 14.9 Å². The molecule has 1 fully saturated rings. The third-order valence-corrected chi connectivity index (χ3v) is 5.13. The minimum atomic E-state index is -1.31. The zero-order chi connectivity index (χ0) is 22.1. The predicted octanol–water partition coefficient (Wildman–Crippen LogP) is 2.71. The van der Waals surface area contributed by atoms with E-state index in [0.29, 0.717) is 31.9 Å². The molecule has 11 heteroatoms. The lowest BCUT2D eigenvalue weighted by Gasteiger charge is -2.37. The first-order chi connectivity index (χ1) is 14.9. The molecular weight excluding hydrogens is 409 g/mol. The summed E-state index contributed by atoms with van der Waals surface area (Å²) >= 11 is 0. The van der Waals surface area contributed by atoms with E-state index in [1.807, 2.05) is 4.90 Å². The van der Waals surface area contributed by atoms with Crippen molar-refractivity contribution >= 4 is 34.1 Å². The van der Waals surface area contributed by atoms with Crippen LogP contribution >= 0.6 is 0 Å². The monoisotopic (exact) mass is 427 g/mol. The van der Waals surface area contributed by atoms with Crippen molar-refractivity contribution in [1.29, 1.82) is 0 Å². The van der Waals surface area contributed by atoms with Gasteiger partial charge in [-0.3, -0.25) is 10.1 Å². The van der Waals surface area contributed by atoms with Gasteiger partial charge in [0.25, 0.3) is 5.69 Å². The molecule has 0 bridgehead atoms. The number of carbonyl (C=O) groups is 1. The molecule has 1 saturated heterocycles. The summed E-state index contributed by atoms with van der Waals surface area (Å²) < 4.78 is 18.1. The number of aromatic nitrogens is 2. The van der Waals surface area contributed by atoms with E-state index in [1.54, 1.807) is 12.1 Å². The molecule has 0 saturated carbocycles. The highest BCUT2D eigenvalue weighted by Crippen LogP contribution is 2.34. The Morgan fingerprint density at radius 2 is 1.71 bits per heavy atom. The molecule has 1 aliphatic rings. The third-order valence-electron chi connectivity index (χ3n) is 5.13. The number of rotatable bonds is 5. The number of piperazine rings is 1. The highest BCUT2D eigenvalue weighted by Gasteiger charge is 2.26. The van der Waals surface area contributed by atoms with Gasteiger partial charge in [-0.25, -0.2) is 19.2 Å². The Morgan fingerprint density at radius 1 is 1.10 bits per heavy atom. The SMILES string of the molecule is COc1nc2cc([N+](=O)[O-])c(N3CCN(c4ccc(F)cc4)CC3)cc2nc1C(=O)O. The van der Waals surface area contributed by atoms with Crippen LogP contribution < -0.4 is 14.5 Å². The first-order valence-electron chi connectivity index (χ1n) is 9.40. The Morgan fingerprint density at radius 3 is 2.29 bits per heavy atom. The van der Waals surface area contributed by atoms with Crippen LogP contribution in [-0.2, 0) is 0 Å². The average molecular weight is 427 g/mol. The molecule has 1 aromatic heterocycles. The number of anilines is 2. The Labute approximate surface area is 175 Å². The van der Waals surface area contributed by atoms with E-state index < -0.39 is 10.9 Å². The molecule has 160 valence electrons. The first-order valence-corrected chi connectivity index (χ1v) is 9.40. The lowest BCUT2D eigenvalue weighted by molar-refractivity contribution is -0.384. The largest absolute Gasteiger partial charge is 0.479 e. The number of nitrogens with zero attached hydrogens (tertiary/aromatic N) is 5. The number of methoxy groups -OCH3 is 1. The highest BCUT2D eigenvalue weighted by molar-refractivity contribution is 5.93. The van der Waals surface area contributed by atoms with Crippen molar-refractivity contribution in [3.63, 3.8) is 0 Å². The normalized spacial score (nSPS) is 14.0. The molecule has 0 amide bonds. The van der Waals surface area contributed by atoms with Crippen molar-refractivity contribution in [2.75, 3.05) is 43.1 Å². The lowest BCUT2D eigenvalue weighted by Crippen LogP contribution is -2.46. The van der Waals surface area contributed by atoms with E-state index in [9.17, 15) is 24.4 Å². The highest BCUT2D eigenvalue weighted by atomic mass is 19.1. The molecule has 10 nitrogen and oxygen atoms in total. The fourth-order valence-corrected chi connectivity index (χ4v) is 3.60. The summed E-state index contributed by atoms with van der Waals surface area (Å²) in [5.41, 5.74) is 1.09. The van der Waals surface area contributed by atoms with Crippen LogP contribution in [0.4, 0.5) is 21.5 Å². The molecule has 2 aromatic carbocycles. The van der Waals surface area contributed by atoms with Crippen molar-refractivity contribution in [2.24, 2.45) is 0 Å². The zero-order valence-electron chi connectivity index (χ0n) is 16.5. The van der Waals surface area contributed by atoms with Crippen LogP contribution in [0.1, 0.15) is 10.5 Å². The number of aromatic carboxylic acids is 1. The second-order valence-electron chi connectivity index (χ2n) is 6.92. The van der Waals surface area contributed by atoms with Crippen LogP contribution in [0, 0.1) is 15.9 Å². The van der Waals surface area contributed by atoms with Gasteiger partial charge in [0, 0.05) is 37.9 Å². The van der Waals surface area contributed by atoms with Gasteiger partial charge in [-0.2, -0.15) is 0 Å². The molecule has 0 aliphatic carbocycles. The van der Waals surface area contributed by atoms with Gasteiger partial charge in [0.1, 0.15) is 11.5 Å². The number of hydrogen-bond acceptors (Lipinski definition) is 8. The molecule has 3 aromatic rings. The summed E-state index contributed by atoms with van der Waals surface area (Å²) in [6, 6.07) is 8.93. The van der Waals surface area contributed by atoms with E-state index in [0.717, 1.165) is 5.69 Å². The van der Waals surface area contributed by atoms with Crippen LogP contribution in [0.5, 0.6) is 5.88 Å². The second kappa shape index (κ2) is 8.01. The van der Waals surface area contributed by atoms with Crippen molar-refractivity contribution in [3.05, 3.63) is 58.0 Å². The Kier molecular flexibility index (Phi) is 5.24. The van der Waals surface area contributed by atoms with Crippen LogP contribution in [0.25, 0.3) is 11.0 Å². The summed E-state index contributed by atoms with van der Waals surface area (Å²) in [4.78, 5) is 34.7. The Balaban J connectivity index is 1.67. The number of ether oxygens (including phenoxy) is 1. The summed E-state index contributed by atoms with van der Waals surface area (Å²) in [6.45, 7) is 2.13. The summed E-state index contributed by atoms with van der Waals surface area (Å²) in [7, 11) is 1.26. The van der Waals surface area contributed by atoms with Crippen molar-refractivity contribution in [3.8, 4) is 5.88 Å². The van der Waals surface area contributed by atoms with E-state index in [4.69, 9.17) is 4.74 Å². The smallest absolute Gasteiger partial charge is 0.360 e. The van der Waals surface area contributed by atoms with E-state index in [1.165, 1.54) is 31.4 Å². The van der Waals surface area contributed by atoms with Gasteiger partial charge < -0.3 is 19.6 Å². The van der Waals surface area contributed by atoms with Crippen LogP contribution in [-0.4, -0.2) is 59.3 Å². The first kappa shape index (κ1) is 20.3. The molecular formula is C20H18FN5O5. The fourth-order valence-electron chi connectivity index (χ4n) is 3.60. The van der Waals surface area contributed by atoms with Gasteiger partial charge in [-0.15, -0.1) is 0 Å². The number of halogens is 1. The van der Waals surface area contributed by atoms with Crippen LogP contribution in [0.15, 0.2) is 36.4 Å². The van der Waals surface area contributed by atoms with Gasteiger partial charge in [0.2, 0.25) is 11.6 Å². The van der Waals surface area contributed by atoms with Gasteiger partial charge >= 0.3 is 5.97 Å². The number of nitro benzene ring substituents is 1. The van der Waals surface area contributed by atoms with Crippen molar-refractivity contribution in [2.45, 2.75) is 0 Å². The number of benzene rings is 2. The van der Waals surface area contributed by atoms with Gasteiger partial charge in [0.15, 0.2) is 0 Å². The molecule has 0 atom stereocenters. The van der Waals surface area contributed by atoms with Crippen molar-refractivity contribution in [1.82, 2.24) is 9.97 Å². The van der Waals surface area contributed by atoms with E-state index >= 15 is 0 Å². The van der Waals surface area contributed by atoms with Crippen LogP contribution in [0.2, 0.25) is 0 Å². The number of nitro groups is 1. The Hall–Kier alpha value is -4.02. The fraction of sp³-hybridized carbons (Fsp3) is 0.250. The molecule has 1 N–H and O–H groups in total. The molecule has 0 radical (unpaired) electrons. The maximum atomic E-state index is 13.2. The van der Waals surface area contributed by atoms with E-state index in [-0.39, 0.29) is 34.1 Å². The quantitative estimate of drug-likeness (QED) is 0.484. The third kappa shape index (κ3) is 3.89. The summed E-state index contributed by atoms with van der Waals surface area (Å²) in [5, 5.41) is 21.1. The summed E-state index contributed by atoms with van der Waals surface area (Å²) in [6.07, 6.45) is 0. The topological polar surface area (TPSA) is 122 Å². The number of fused-ring (bicyclic) bond motifs is 1. The molecule has 2 heterocycles. The predicted molar refractivity (Wildman–Crippen MR) is 111 cm³/mol. The molecule has 4 rings (SSSR count). The zero-order valence-corrected chi connectivity index (χ0v) is 16.5. The van der Waals surface area contributed by atoms with Crippen LogP contribution in [0.3, 0.4) is 0 Å². The second-order valence-corrected chi connectivity index (χ2v) is 6.92. The van der Waals surface area contributed by atoms with Gasteiger partial charge in [-0.05, 0) is 30.3 Å². The standard InChI is InChI=1S/C20H18FN5O5/c1-31-19-18(20(27)28)22-14-10-16(17(26(29)30)11-15(14)23-19)25-8-6-24(7-9-25)13-4-2-12(21)3-5-13/h2-5,10-11H,6-9H2,1H3,(H,27,28). The number of carboxylic acids is 1. The Bertz CT molecular complexity index is 1160. The maximum Gasteiger partial charge on any atom is 0.360 e. The van der Waals surface area contributed by atoms with Crippen molar-refractivity contribution < 1.29 is 24.0 Å². The maximum absolute atomic E-state index is 13.2. The lowest BCUT2D eigenvalue weighted by atomic mass is 10.1. The summed E-state index contributed by atoms with van der Waals surface area (Å²) in [5.74, 6) is -1.83. The number of hydrogen-bond donors (Lipinski definition) is 1. The molecule has 31 heavy (non-hydrogen) atoms. The number of carboxylic acid groups (broad SMARTS) is 1. The average Bonchev–Trinajstić information content (AvgIpc) is 2.77. The molecule has 0 spiro atoms. The minimum absolute atomic E-state index is 0.151. The molecule has 1 aliphatic heterocycles. The van der Waals surface area contributed by atoms with Gasteiger partial charge in [-0.1, -0.05) is 0 Å². The van der Waals surface area contributed by atoms with Gasteiger partial charge in [0.05, 0.1) is 23.1 Å². The minimum Gasteiger partial charge on any atom is -0.479 e.